The minimum atomic E-state index is -1.29. The van der Waals surface area contributed by atoms with Gasteiger partial charge < -0.3 is 20.4 Å². The van der Waals surface area contributed by atoms with E-state index in [9.17, 15) is 15.0 Å². The number of aliphatic carboxylic acids is 1. The Morgan fingerprint density at radius 3 is 2.65 bits per heavy atom. The molecule has 0 aliphatic heterocycles. The van der Waals surface area contributed by atoms with Crippen molar-refractivity contribution in [2.24, 2.45) is 11.8 Å². The van der Waals surface area contributed by atoms with Gasteiger partial charge in [-0.25, -0.2) is 0 Å². The maximum Gasteiger partial charge on any atom is 0.303 e. The molecule has 1 aliphatic rings. The van der Waals surface area contributed by atoms with Gasteiger partial charge in [-0.3, -0.25) is 4.79 Å². The maximum atomic E-state index is 10.6. The first-order valence-electron chi connectivity index (χ1n) is 5.29. The summed E-state index contributed by atoms with van der Waals surface area (Å²) in [6, 6.07) is 1.58. The average Bonchev–Trinajstić information content (AvgIpc) is 2.50. The van der Waals surface area contributed by atoms with Gasteiger partial charge in [0.2, 0.25) is 0 Å². The highest BCUT2D eigenvalue weighted by molar-refractivity contribution is 5.67. The molecule has 0 aromatic heterocycles. The summed E-state index contributed by atoms with van der Waals surface area (Å²) in [5, 5.41) is 45.4. The molecule has 0 saturated heterocycles. The predicted octanol–water partition coefficient (Wildman–Crippen LogP) is -0.740. The molecule has 0 heterocycles. The molecule has 5 atom stereocenters. The van der Waals surface area contributed by atoms with E-state index in [1.807, 2.05) is 0 Å². The van der Waals surface area contributed by atoms with Crippen LogP contribution in [0.4, 0.5) is 0 Å². The lowest BCUT2D eigenvalue weighted by atomic mass is 9.90. The fourth-order valence-corrected chi connectivity index (χ4v) is 2.14. The lowest BCUT2D eigenvalue weighted by molar-refractivity contribution is -0.139. The molecule has 1 aliphatic carbocycles. The molecular formula is C11H15NO5. The molecule has 0 radical (unpaired) electrons. The molecule has 0 amide bonds. The first-order chi connectivity index (χ1) is 7.95. The van der Waals surface area contributed by atoms with Gasteiger partial charge in [0.1, 0.15) is 0 Å². The van der Waals surface area contributed by atoms with E-state index < -0.39 is 36.1 Å². The van der Waals surface area contributed by atoms with Crippen molar-refractivity contribution >= 4 is 5.97 Å². The number of carbonyl (C=O) groups is 1. The molecule has 1 fully saturated rings. The van der Waals surface area contributed by atoms with Crippen molar-refractivity contribution in [2.75, 3.05) is 0 Å². The number of rotatable bonds is 4. The molecule has 0 bridgehead atoms. The summed E-state index contributed by atoms with van der Waals surface area (Å²) in [6.45, 7) is 0. The van der Waals surface area contributed by atoms with Crippen molar-refractivity contribution < 1.29 is 25.2 Å². The number of carboxylic acid groups (broad SMARTS) is 1. The molecule has 1 unspecified atom stereocenters. The van der Waals surface area contributed by atoms with Crippen molar-refractivity contribution in [3.63, 3.8) is 0 Å². The van der Waals surface area contributed by atoms with Crippen LogP contribution in [0.3, 0.4) is 0 Å². The number of carboxylic acids is 1. The number of nitrogens with zero attached hydrogens (tertiary/aromatic N) is 1. The summed E-state index contributed by atoms with van der Waals surface area (Å²) >= 11 is 0. The predicted molar refractivity (Wildman–Crippen MR) is 56.6 cm³/mol. The van der Waals surface area contributed by atoms with E-state index in [4.69, 9.17) is 15.5 Å². The van der Waals surface area contributed by atoms with Crippen LogP contribution in [0, 0.1) is 23.2 Å². The zero-order chi connectivity index (χ0) is 13.0. The van der Waals surface area contributed by atoms with Gasteiger partial charge in [0.05, 0.1) is 24.7 Å². The summed E-state index contributed by atoms with van der Waals surface area (Å²) < 4.78 is 0. The zero-order valence-corrected chi connectivity index (χ0v) is 9.10. The molecule has 4 N–H and O–H groups in total. The fraction of sp³-hybridized carbons (Fsp3) is 0.636. The summed E-state index contributed by atoms with van der Waals surface area (Å²) in [6.07, 6.45) is -0.564. The standard InChI is InChI=1S/C11H15NO5/c12-5-6(13)1-2-7-8(3-11(16)17)10(15)4-9(7)14/h1-2,6-10,13-15H,3-4H2,(H,16,17)/t6?,7-,8-,9-,10+/m0/s1. The van der Waals surface area contributed by atoms with Crippen molar-refractivity contribution in [2.45, 2.75) is 31.2 Å². The van der Waals surface area contributed by atoms with Crippen LogP contribution < -0.4 is 0 Å². The van der Waals surface area contributed by atoms with E-state index in [1.54, 1.807) is 6.07 Å². The minimum Gasteiger partial charge on any atom is -0.481 e. The Balaban J connectivity index is 2.75. The Morgan fingerprint density at radius 2 is 2.12 bits per heavy atom. The third-order valence-electron chi connectivity index (χ3n) is 2.97. The maximum absolute atomic E-state index is 10.6. The highest BCUT2D eigenvalue weighted by Crippen LogP contribution is 2.35. The Morgan fingerprint density at radius 1 is 1.47 bits per heavy atom. The highest BCUT2D eigenvalue weighted by Gasteiger charge is 2.41. The molecule has 0 spiro atoms. The van der Waals surface area contributed by atoms with E-state index >= 15 is 0 Å². The largest absolute Gasteiger partial charge is 0.481 e. The molecule has 94 valence electrons. The zero-order valence-electron chi connectivity index (χ0n) is 9.10. The Labute approximate surface area is 98.4 Å². The second-order valence-corrected chi connectivity index (χ2v) is 4.17. The SMILES string of the molecule is N#CC(O)C=C[C@H]1[C@H](CC(=O)O)[C@H](O)C[C@@H]1O. The van der Waals surface area contributed by atoms with Crippen molar-refractivity contribution in [1.82, 2.24) is 0 Å². The molecule has 0 aromatic carbocycles. The van der Waals surface area contributed by atoms with E-state index in [-0.39, 0.29) is 12.8 Å². The smallest absolute Gasteiger partial charge is 0.303 e. The van der Waals surface area contributed by atoms with Gasteiger partial charge in [-0.2, -0.15) is 5.26 Å². The number of aliphatic hydroxyl groups is 3. The van der Waals surface area contributed by atoms with Gasteiger partial charge in [-0.1, -0.05) is 6.08 Å². The molecule has 17 heavy (non-hydrogen) atoms. The van der Waals surface area contributed by atoms with Crippen molar-refractivity contribution in [3.05, 3.63) is 12.2 Å². The second-order valence-electron chi connectivity index (χ2n) is 4.17. The van der Waals surface area contributed by atoms with Gasteiger partial charge >= 0.3 is 5.97 Å². The first-order valence-corrected chi connectivity index (χ1v) is 5.29. The lowest BCUT2D eigenvalue weighted by Gasteiger charge is -2.18. The molecule has 1 rings (SSSR count). The van der Waals surface area contributed by atoms with Crippen LogP contribution in [0.5, 0.6) is 0 Å². The average molecular weight is 241 g/mol. The van der Waals surface area contributed by atoms with E-state index in [0.29, 0.717) is 0 Å². The van der Waals surface area contributed by atoms with Crippen molar-refractivity contribution in [1.29, 1.82) is 5.26 Å². The van der Waals surface area contributed by atoms with Crippen LogP contribution in [-0.2, 0) is 4.79 Å². The van der Waals surface area contributed by atoms with Crippen LogP contribution in [0.1, 0.15) is 12.8 Å². The molecule has 6 heteroatoms. The highest BCUT2D eigenvalue weighted by atomic mass is 16.4. The van der Waals surface area contributed by atoms with Crippen LogP contribution in [-0.4, -0.2) is 44.7 Å². The van der Waals surface area contributed by atoms with Crippen molar-refractivity contribution in [3.8, 4) is 6.07 Å². The number of aliphatic hydroxyl groups excluding tert-OH is 3. The van der Waals surface area contributed by atoms with Gasteiger partial charge in [-0.05, 0) is 6.08 Å². The summed E-state index contributed by atoms with van der Waals surface area (Å²) in [5.74, 6) is -2.20. The van der Waals surface area contributed by atoms with Crippen LogP contribution in [0.25, 0.3) is 0 Å². The topological polar surface area (TPSA) is 122 Å². The Bertz CT molecular complexity index is 348. The Kier molecular flexibility index (Phi) is 4.63. The lowest BCUT2D eigenvalue weighted by Crippen LogP contribution is -2.23. The number of hydrogen-bond acceptors (Lipinski definition) is 5. The van der Waals surface area contributed by atoms with Crippen LogP contribution in [0.2, 0.25) is 0 Å². The monoisotopic (exact) mass is 241 g/mol. The minimum absolute atomic E-state index is 0.107. The Hall–Kier alpha value is -1.42. The summed E-state index contributed by atoms with van der Waals surface area (Å²) in [7, 11) is 0. The number of nitriles is 1. The first kappa shape index (κ1) is 13.6. The molecule has 1 saturated carbocycles. The summed E-state index contributed by atoms with van der Waals surface area (Å²) in [4.78, 5) is 10.6. The van der Waals surface area contributed by atoms with E-state index in [0.717, 1.165) is 0 Å². The quantitative estimate of drug-likeness (QED) is 0.380. The van der Waals surface area contributed by atoms with E-state index in [2.05, 4.69) is 0 Å². The van der Waals surface area contributed by atoms with Gasteiger partial charge in [0.25, 0.3) is 0 Å². The third-order valence-corrected chi connectivity index (χ3v) is 2.97. The normalized spacial score (nSPS) is 34.7. The molecule has 6 nitrogen and oxygen atoms in total. The van der Waals surface area contributed by atoms with Gasteiger partial charge in [-0.15, -0.1) is 0 Å². The van der Waals surface area contributed by atoms with E-state index in [1.165, 1.54) is 12.2 Å². The third kappa shape index (κ3) is 3.53. The number of hydrogen-bond donors (Lipinski definition) is 4. The molecular weight excluding hydrogens is 226 g/mol. The molecule has 0 aromatic rings. The van der Waals surface area contributed by atoms with Crippen LogP contribution >= 0.6 is 0 Å². The second kappa shape index (κ2) is 5.77. The fourth-order valence-electron chi connectivity index (χ4n) is 2.14. The van der Waals surface area contributed by atoms with Gasteiger partial charge in [0, 0.05) is 18.3 Å². The summed E-state index contributed by atoms with van der Waals surface area (Å²) in [5.41, 5.74) is 0. The van der Waals surface area contributed by atoms with Crippen LogP contribution in [0.15, 0.2) is 12.2 Å². The van der Waals surface area contributed by atoms with Gasteiger partial charge in [0.15, 0.2) is 6.10 Å².